The number of carboxylic acid groups (broad SMARTS) is 1. The summed E-state index contributed by atoms with van der Waals surface area (Å²) in [6.45, 7) is 3.96. The molecule has 0 amide bonds. The van der Waals surface area contributed by atoms with E-state index in [0.29, 0.717) is 17.8 Å². The minimum atomic E-state index is -1.63. The Kier molecular flexibility index (Phi) is 5.03. The highest BCUT2D eigenvalue weighted by Crippen LogP contribution is 2.49. The molecule has 2 atom stereocenters. The Morgan fingerprint density at radius 3 is 2.60 bits per heavy atom. The van der Waals surface area contributed by atoms with Crippen molar-refractivity contribution in [3.8, 4) is 0 Å². The van der Waals surface area contributed by atoms with Gasteiger partial charge in [0.15, 0.2) is 0 Å². The summed E-state index contributed by atoms with van der Waals surface area (Å²) in [6.07, 6.45) is 0.531. The molecular weight excluding hydrogens is 384 g/mol. The third-order valence-corrected chi connectivity index (χ3v) is 6.41. The van der Waals surface area contributed by atoms with Crippen LogP contribution in [0.15, 0.2) is 46.8 Å². The number of aliphatic hydroxyl groups is 2. The van der Waals surface area contributed by atoms with Crippen LogP contribution in [-0.2, 0) is 16.9 Å². The molecule has 30 heavy (non-hydrogen) atoms. The summed E-state index contributed by atoms with van der Waals surface area (Å²) in [4.78, 5) is 26.1. The zero-order chi connectivity index (χ0) is 21.6. The van der Waals surface area contributed by atoms with Crippen molar-refractivity contribution < 1.29 is 20.1 Å². The van der Waals surface area contributed by atoms with Crippen LogP contribution in [0.2, 0.25) is 0 Å². The molecule has 0 radical (unpaired) electrons. The number of aliphatic hydroxyl groups excluding tert-OH is 1. The van der Waals surface area contributed by atoms with Gasteiger partial charge >= 0.3 is 5.97 Å². The summed E-state index contributed by atoms with van der Waals surface area (Å²) in [5, 5.41) is 30.4. The maximum absolute atomic E-state index is 13.0. The van der Waals surface area contributed by atoms with E-state index in [1.165, 1.54) is 6.07 Å². The summed E-state index contributed by atoms with van der Waals surface area (Å²) < 4.78 is 1.64. The van der Waals surface area contributed by atoms with E-state index in [2.05, 4.69) is 13.0 Å². The molecule has 7 heteroatoms. The number of pyridine rings is 1. The summed E-state index contributed by atoms with van der Waals surface area (Å²) in [6, 6.07) is 10.9. The Hall–Kier alpha value is -2.90. The summed E-state index contributed by atoms with van der Waals surface area (Å²) in [7, 11) is 0. The topological polar surface area (TPSA) is 103 Å². The Balaban J connectivity index is 1.92. The van der Waals surface area contributed by atoms with Crippen molar-refractivity contribution in [2.45, 2.75) is 51.2 Å². The quantitative estimate of drug-likeness (QED) is 0.677. The maximum Gasteiger partial charge on any atom is 0.306 e. The number of para-hydroxylation sites is 1. The monoisotopic (exact) mass is 410 g/mol. The van der Waals surface area contributed by atoms with Crippen molar-refractivity contribution in [2.75, 3.05) is 11.6 Å². The number of carboxylic acids is 1. The Morgan fingerprint density at radius 2 is 1.97 bits per heavy atom. The minimum Gasteiger partial charge on any atom is -0.481 e. The van der Waals surface area contributed by atoms with Crippen LogP contribution in [0.1, 0.15) is 55.8 Å². The van der Waals surface area contributed by atoms with Gasteiger partial charge in [0.05, 0.1) is 24.4 Å². The summed E-state index contributed by atoms with van der Waals surface area (Å²) in [5.41, 5.74) is 2.82. The standard InChI is InChI=1S/C23H26N2O5/c1-3-15-16-7-5-6-8-18(16)25(13-26)22-17(15)12-24-19(22)9-14(10-20(24)27)23(30,4-2)11-21(28)29/h5-10,15,26,30H,3-4,11-13H2,1-2H3,(H,28,29). The molecule has 0 saturated heterocycles. The van der Waals surface area contributed by atoms with Gasteiger partial charge in [0.2, 0.25) is 0 Å². The van der Waals surface area contributed by atoms with Crippen LogP contribution >= 0.6 is 0 Å². The first-order chi connectivity index (χ1) is 14.3. The number of anilines is 1. The number of fused-ring (bicyclic) bond motifs is 3. The number of hydrogen-bond donors (Lipinski definition) is 3. The predicted molar refractivity (Wildman–Crippen MR) is 113 cm³/mol. The molecule has 3 N–H and O–H groups in total. The first-order valence-electron chi connectivity index (χ1n) is 10.2. The zero-order valence-corrected chi connectivity index (χ0v) is 17.1. The average Bonchev–Trinajstić information content (AvgIpc) is 3.11. The van der Waals surface area contributed by atoms with Gasteiger partial charge in [0, 0.05) is 17.7 Å². The molecule has 2 unspecified atom stereocenters. The first-order valence-corrected chi connectivity index (χ1v) is 10.2. The lowest BCUT2D eigenvalue weighted by atomic mass is 9.83. The van der Waals surface area contributed by atoms with Crippen LogP contribution in [0, 0.1) is 0 Å². The predicted octanol–water partition coefficient (Wildman–Crippen LogP) is 2.61. The molecule has 0 bridgehead atoms. The Morgan fingerprint density at radius 1 is 1.23 bits per heavy atom. The van der Waals surface area contributed by atoms with E-state index in [1.807, 2.05) is 18.2 Å². The van der Waals surface area contributed by atoms with E-state index >= 15 is 0 Å². The molecule has 7 nitrogen and oxygen atoms in total. The molecular formula is C23H26N2O5. The first kappa shape index (κ1) is 20.4. The van der Waals surface area contributed by atoms with E-state index in [0.717, 1.165) is 28.9 Å². The van der Waals surface area contributed by atoms with E-state index < -0.39 is 18.0 Å². The Labute approximate surface area is 174 Å². The summed E-state index contributed by atoms with van der Waals surface area (Å²) >= 11 is 0. The Bertz CT molecular complexity index is 1100. The molecule has 2 aliphatic rings. The zero-order valence-electron chi connectivity index (χ0n) is 17.1. The van der Waals surface area contributed by atoms with Crippen LogP contribution < -0.4 is 10.5 Å². The fraction of sp³-hybridized carbons (Fsp3) is 0.391. The van der Waals surface area contributed by atoms with E-state index in [-0.39, 0.29) is 24.6 Å². The van der Waals surface area contributed by atoms with Gasteiger partial charge in [-0.15, -0.1) is 0 Å². The third-order valence-electron chi connectivity index (χ3n) is 6.41. The number of hydrogen-bond acceptors (Lipinski definition) is 5. The van der Waals surface area contributed by atoms with Gasteiger partial charge in [0.1, 0.15) is 12.3 Å². The van der Waals surface area contributed by atoms with Crippen molar-refractivity contribution in [3.05, 3.63) is 69.1 Å². The number of benzene rings is 1. The average molecular weight is 410 g/mol. The van der Waals surface area contributed by atoms with Gasteiger partial charge in [0.25, 0.3) is 5.56 Å². The number of rotatable bonds is 6. The van der Waals surface area contributed by atoms with Gasteiger partial charge in [-0.3, -0.25) is 9.59 Å². The van der Waals surface area contributed by atoms with E-state index in [4.69, 9.17) is 0 Å². The van der Waals surface area contributed by atoms with Crippen molar-refractivity contribution in [2.24, 2.45) is 0 Å². The maximum atomic E-state index is 13.0. The number of allylic oxidation sites excluding steroid dienone is 1. The van der Waals surface area contributed by atoms with E-state index in [1.54, 1.807) is 22.5 Å². The van der Waals surface area contributed by atoms with Crippen LogP contribution in [0.3, 0.4) is 0 Å². The SMILES string of the molecule is CCC1C2=C(c3cc(C(O)(CC)CC(=O)O)cc(=O)n3C2)N(CO)c2ccccc21. The van der Waals surface area contributed by atoms with Crippen LogP contribution in [0.4, 0.5) is 5.69 Å². The third kappa shape index (κ3) is 2.97. The summed E-state index contributed by atoms with van der Waals surface area (Å²) in [5.74, 6) is -1.01. The van der Waals surface area contributed by atoms with Crippen molar-refractivity contribution >= 4 is 17.4 Å². The second-order valence-electron chi connectivity index (χ2n) is 7.97. The van der Waals surface area contributed by atoms with Gasteiger partial charge < -0.3 is 24.8 Å². The molecule has 0 fully saturated rings. The fourth-order valence-electron chi connectivity index (χ4n) is 4.85. The molecule has 3 heterocycles. The van der Waals surface area contributed by atoms with Gasteiger partial charge in [-0.25, -0.2) is 0 Å². The number of aliphatic carboxylic acids is 1. The lowest BCUT2D eigenvalue weighted by Crippen LogP contribution is -2.32. The highest BCUT2D eigenvalue weighted by Gasteiger charge is 2.39. The lowest BCUT2D eigenvalue weighted by Gasteiger charge is -2.35. The fourth-order valence-corrected chi connectivity index (χ4v) is 4.85. The normalized spacial score (nSPS) is 19.2. The molecule has 2 aromatic rings. The number of aromatic nitrogens is 1. The molecule has 2 aliphatic heterocycles. The second-order valence-corrected chi connectivity index (χ2v) is 7.97. The van der Waals surface area contributed by atoms with Crippen LogP contribution in [0.5, 0.6) is 0 Å². The smallest absolute Gasteiger partial charge is 0.306 e. The lowest BCUT2D eigenvalue weighted by molar-refractivity contribution is -0.143. The molecule has 0 aliphatic carbocycles. The van der Waals surface area contributed by atoms with Crippen molar-refractivity contribution in [1.82, 2.24) is 4.57 Å². The van der Waals surface area contributed by atoms with Crippen molar-refractivity contribution in [3.63, 3.8) is 0 Å². The second kappa shape index (κ2) is 7.41. The van der Waals surface area contributed by atoms with E-state index in [9.17, 15) is 24.9 Å². The van der Waals surface area contributed by atoms with Gasteiger partial charge in [-0.2, -0.15) is 0 Å². The molecule has 4 rings (SSSR count). The molecule has 0 saturated carbocycles. The molecule has 1 aromatic carbocycles. The molecule has 0 spiro atoms. The largest absolute Gasteiger partial charge is 0.481 e. The minimum absolute atomic E-state index is 0.117. The van der Waals surface area contributed by atoms with Gasteiger partial charge in [-0.1, -0.05) is 32.0 Å². The molecule has 158 valence electrons. The number of nitrogens with zero attached hydrogens (tertiary/aromatic N) is 2. The van der Waals surface area contributed by atoms with Crippen LogP contribution in [-0.4, -0.2) is 32.6 Å². The highest BCUT2D eigenvalue weighted by atomic mass is 16.4. The van der Waals surface area contributed by atoms with Crippen molar-refractivity contribution in [1.29, 1.82) is 0 Å². The van der Waals surface area contributed by atoms with Gasteiger partial charge in [-0.05, 0) is 41.7 Å². The van der Waals surface area contributed by atoms with Crippen LogP contribution in [0.25, 0.3) is 5.70 Å². The number of carbonyl (C=O) groups is 1. The highest BCUT2D eigenvalue weighted by molar-refractivity contribution is 5.87. The molecule has 1 aromatic heterocycles.